The highest BCUT2D eigenvalue weighted by molar-refractivity contribution is 5.50. The van der Waals surface area contributed by atoms with Crippen molar-refractivity contribution >= 4 is 5.69 Å². The van der Waals surface area contributed by atoms with Crippen molar-refractivity contribution in [1.29, 1.82) is 0 Å². The Morgan fingerprint density at radius 2 is 1.95 bits per heavy atom. The molecule has 0 atom stereocenters. The molecule has 5 heteroatoms. The van der Waals surface area contributed by atoms with Crippen LogP contribution in [0.4, 0.5) is 10.1 Å². The van der Waals surface area contributed by atoms with Crippen LogP contribution in [0.2, 0.25) is 0 Å². The first-order valence-electron chi connectivity index (χ1n) is 7.76. The van der Waals surface area contributed by atoms with Crippen LogP contribution in [-0.2, 0) is 4.74 Å². The second kappa shape index (κ2) is 12.2. The zero-order valence-corrected chi connectivity index (χ0v) is 13.3. The highest BCUT2D eigenvalue weighted by Gasteiger charge is 2.12. The van der Waals surface area contributed by atoms with Gasteiger partial charge in [0.05, 0.1) is 18.9 Å². The van der Waals surface area contributed by atoms with Gasteiger partial charge in [-0.05, 0) is 19.1 Å². The van der Waals surface area contributed by atoms with Crippen molar-refractivity contribution in [3.05, 3.63) is 24.0 Å². The lowest BCUT2D eigenvalue weighted by molar-refractivity contribution is 0.0320. The molecule has 4 nitrogen and oxygen atoms in total. The van der Waals surface area contributed by atoms with E-state index in [1.165, 1.54) is 0 Å². The van der Waals surface area contributed by atoms with Gasteiger partial charge >= 0.3 is 0 Å². The monoisotopic (exact) mass is 314 g/mol. The molecule has 2 rings (SSSR count). The molecule has 1 aromatic rings. The molecule has 0 saturated carbocycles. The van der Waals surface area contributed by atoms with Crippen LogP contribution in [0.25, 0.3) is 0 Å². The minimum absolute atomic E-state index is 0. The summed E-state index contributed by atoms with van der Waals surface area (Å²) in [4.78, 5) is 2.26. The molecule has 22 heavy (non-hydrogen) atoms. The van der Waals surface area contributed by atoms with Gasteiger partial charge in [-0.1, -0.05) is 27.3 Å². The molecule has 0 spiro atoms. The number of ether oxygens (including phenoxy) is 2. The summed E-state index contributed by atoms with van der Waals surface area (Å²) in [6, 6.07) is 5.17. The van der Waals surface area contributed by atoms with Crippen molar-refractivity contribution in [1.82, 2.24) is 4.90 Å². The minimum atomic E-state index is -0.314. The van der Waals surface area contributed by atoms with Crippen molar-refractivity contribution in [2.75, 3.05) is 51.3 Å². The lowest BCUT2D eigenvalue weighted by Gasteiger charge is -2.26. The zero-order valence-electron chi connectivity index (χ0n) is 13.3. The van der Waals surface area contributed by atoms with Gasteiger partial charge in [-0.15, -0.1) is 0 Å². The third-order valence-corrected chi connectivity index (χ3v) is 3.10. The van der Waals surface area contributed by atoms with Crippen molar-refractivity contribution in [2.45, 2.75) is 28.2 Å². The van der Waals surface area contributed by atoms with Crippen LogP contribution in [0.3, 0.4) is 0 Å². The molecule has 1 saturated heterocycles. The second-order valence-electron chi connectivity index (χ2n) is 4.45. The molecule has 1 aromatic carbocycles. The van der Waals surface area contributed by atoms with Crippen molar-refractivity contribution in [3.63, 3.8) is 0 Å². The van der Waals surface area contributed by atoms with Crippen LogP contribution in [0.15, 0.2) is 18.2 Å². The molecule has 0 unspecified atom stereocenters. The molecular formula is C17H31FN2O2. The topological polar surface area (TPSA) is 33.7 Å². The average Bonchev–Trinajstić information content (AvgIpc) is 2.54. The number of rotatable bonds is 6. The molecule has 1 N–H and O–H groups in total. The van der Waals surface area contributed by atoms with E-state index in [9.17, 15) is 4.39 Å². The summed E-state index contributed by atoms with van der Waals surface area (Å²) < 4.78 is 24.8. The van der Waals surface area contributed by atoms with Gasteiger partial charge in [0.1, 0.15) is 6.61 Å². The Hall–Kier alpha value is -1.33. The Morgan fingerprint density at radius 1 is 1.27 bits per heavy atom. The maximum atomic E-state index is 14.0. The number of nitrogens with zero attached hydrogens (tertiary/aromatic N) is 1. The Balaban J connectivity index is 0.00000141. The standard InChI is InChI=1S/C14H21FN2O2.C2H6.CH4/c1-2-16-12-4-3-5-13(14(12)15)19-11-8-17-6-9-18-10-7-17;1-2;/h3-5,16H,2,6-11H2,1H3;1-2H3;1H4. The summed E-state index contributed by atoms with van der Waals surface area (Å²) in [6.07, 6.45) is 0. The van der Waals surface area contributed by atoms with Crippen LogP contribution >= 0.6 is 0 Å². The number of halogens is 1. The number of nitrogens with one attached hydrogen (secondary N) is 1. The predicted octanol–water partition coefficient (Wildman–Crippen LogP) is 3.63. The first-order valence-corrected chi connectivity index (χ1v) is 7.76. The van der Waals surface area contributed by atoms with Gasteiger partial charge in [-0.3, -0.25) is 4.90 Å². The van der Waals surface area contributed by atoms with E-state index in [4.69, 9.17) is 9.47 Å². The van der Waals surface area contributed by atoms with E-state index < -0.39 is 0 Å². The molecule has 1 fully saturated rings. The van der Waals surface area contributed by atoms with Gasteiger partial charge in [0.15, 0.2) is 11.6 Å². The number of hydrogen-bond donors (Lipinski definition) is 1. The zero-order chi connectivity index (χ0) is 15.5. The van der Waals surface area contributed by atoms with Gasteiger partial charge in [0, 0.05) is 26.2 Å². The SMILES string of the molecule is C.CC.CCNc1cccc(OCCN2CCOCC2)c1F. The highest BCUT2D eigenvalue weighted by Crippen LogP contribution is 2.24. The minimum Gasteiger partial charge on any atom is -0.489 e. The van der Waals surface area contributed by atoms with Crippen LogP contribution in [0.1, 0.15) is 28.2 Å². The van der Waals surface area contributed by atoms with Gasteiger partial charge in [-0.25, -0.2) is 4.39 Å². The maximum absolute atomic E-state index is 14.0. The predicted molar refractivity (Wildman–Crippen MR) is 91.4 cm³/mol. The summed E-state index contributed by atoms with van der Waals surface area (Å²) in [5, 5.41) is 2.97. The summed E-state index contributed by atoms with van der Waals surface area (Å²) in [5.41, 5.74) is 0.492. The fourth-order valence-corrected chi connectivity index (χ4v) is 2.06. The van der Waals surface area contributed by atoms with Crippen molar-refractivity contribution < 1.29 is 13.9 Å². The van der Waals surface area contributed by atoms with Crippen LogP contribution in [0, 0.1) is 5.82 Å². The van der Waals surface area contributed by atoms with Crippen molar-refractivity contribution in [3.8, 4) is 5.75 Å². The van der Waals surface area contributed by atoms with E-state index in [1.54, 1.807) is 18.2 Å². The smallest absolute Gasteiger partial charge is 0.188 e. The average molecular weight is 314 g/mol. The summed E-state index contributed by atoms with van der Waals surface area (Å²) in [5.74, 6) is -0.00182. The molecule has 128 valence electrons. The summed E-state index contributed by atoms with van der Waals surface area (Å²) >= 11 is 0. The van der Waals surface area contributed by atoms with E-state index in [0.717, 1.165) is 32.8 Å². The van der Waals surface area contributed by atoms with Gasteiger partial charge in [0.25, 0.3) is 0 Å². The summed E-state index contributed by atoms with van der Waals surface area (Å²) in [7, 11) is 0. The molecule has 0 radical (unpaired) electrons. The number of hydrogen-bond acceptors (Lipinski definition) is 4. The third kappa shape index (κ3) is 6.62. The molecule has 1 aliphatic rings. The van der Waals surface area contributed by atoms with Gasteiger partial charge in [0.2, 0.25) is 0 Å². The van der Waals surface area contributed by atoms with E-state index in [2.05, 4.69) is 10.2 Å². The molecule has 0 aromatic heterocycles. The second-order valence-corrected chi connectivity index (χ2v) is 4.45. The van der Waals surface area contributed by atoms with E-state index in [-0.39, 0.29) is 13.2 Å². The molecule has 0 bridgehead atoms. The lowest BCUT2D eigenvalue weighted by atomic mass is 10.3. The Kier molecular flexibility index (Phi) is 11.5. The summed E-state index contributed by atoms with van der Waals surface area (Å²) in [6.45, 7) is 11.3. The van der Waals surface area contributed by atoms with E-state index in [1.807, 2.05) is 20.8 Å². The van der Waals surface area contributed by atoms with Gasteiger partial charge in [-0.2, -0.15) is 0 Å². The van der Waals surface area contributed by atoms with Crippen molar-refractivity contribution in [2.24, 2.45) is 0 Å². The van der Waals surface area contributed by atoms with Gasteiger partial charge < -0.3 is 14.8 Å². The Morgan fingerprint density at radius 3 is 2.59 bits per heavy atom. The fraction of sp³-hybridized carbons (Fsp3) is 0.647. The van der Waals surface area contributed by atoms with Crippen LogP contribution in [0.5, 0.6) is 5.75 Å². The van der Waals surface area contributed by atoms with Crippen LogP contribution in [-0.4, -0.2) is 50.9 Å². The lowest BCUT2D eigenvalue weighted by Crippen LogP contribution is -2.38. The molecule has 0 aliphatic carbocycles. The Bertz CT molecular complexity index is 396. The quantitative estimate of drug-likeness (QED) is 0.869. The number of benzene rings is 1. The number of morpholine rings is 1. The van der Waals surface area contributed by atoms with Crippen LogP contribution < -0.4 is 10.1 Å². The first kappa shape index (κ1) is 20.7. The number of anilines is 1. The largest absolute Gasteiger partial charge is 0.489 e. The molecule has 1 aliphatic heterocycles. The third-order valence-electron chi connectivity index (χ3n) is 3.10. The molecule has 0 amide bonds. The molecular weight excluding hydrogens is 283 g/mol. The highest BCUT2D eigenvalue weighted by atomic mass is 19.1. The fourth-order valence-electron chi connectivity index (χ4n) is 2.06. The molecule has 1 heterocycles. The van der Waals surface area contributed by atoms with E-state index in [0.29, 0.717) is 24.6 Å². The maximum Gasteiger partial charge on any atom is 0.188 e. The van der Waals surface area contributed by atoms with E-state index >= 15 is 0 Å². The Labute approximate surface area is 134 Å². The first-order chi connectivity index (χ1) is 10.3. The normalized spacial score (nSPS) is 14.4.